The van der Waals surface area contributed by atoms with E-state index in [1.165, 1.54) is 22.8 Å². The fraction of sp³-hybridized carbons (Fsp3) is 0.682. The number of ether oxygens (including phenoxy) is 1. The number of amides is 1. The molecule has 2 heterocycles. The molecule has 2 unspecified atom stereocenters. The molecule has 2 atom stereocenters. The number of likely N-dealkylation sites (N-methyl/N-ethyl adjacent to an activating group) is 1. The minimum absolute atomic E-state index is 0.0595. The summed E-state index contributed by atoms with van der Waals surface area (Å²) >= 11 is 3.45. The molecule has 1 aromatic carbocycles. The highest BCUT2D eigenvalue weighted by Crippen LogP contribution is 2.35. The van der Waals surface area contributed by atoms with Gasteiger partial charge in [0.1, 0.15) is 4.90 Å². The van der Waals surface area contributed by atoms with Gasteiger partial charge in [-0.05, 0) is 43.9 Å². The molecule has 10 nitrogen and oxygen atoms in total. The summed E-state index contributed by atoms with van der Waals surface area (Å²) in [7, 11) is -3.06. The number of nitrogens with zero attached hydrogens (tertiary/aromatic N) is 3. The van der Waals surface area contributed by atoms with Crippen molar-refractivity contribution in [3.63, 3.8) is 0 Å². The number of halogens is 1. The van der Waals surface area contributed by atoms with E-state index < -0.39 is 25.3 Å². The minimum atomic E-state index is -3.98. The first-order valence-corrected chi connectivity index (χ1v) is 15.5. The first-order valence-electron chi connectivity index (χ1n) is 11.7. The molecule has 35 heavy (non-hydrogen) atoms. The van der Waals surface area contributed by atoms with Gasteiger partial charge in [0.15, 0.2) is 0 Å². The lowest BCUT2D eigenvalue weighted by atomic mass is 9.97. The predicted molar refractivity (Wildman–Crippen MR) is 138 cm³/mol. The van der Waals surface area contributed by atoms with Crippen LogP contribution in [0.3, 0.4) is 0 Å². The highest BCUT2D eigenvalue weighted by Gasteiger charge is 2.39. The van der Waals surface area contributed by atoms with Gasteiger partial charge in [-0.3, -0.25) is 4.79 Å². The van der Waals surface area contributed by atoms with Crippen molar-refractivity contribution in [2.75, 3.05) is 65.4 Å². The zero-order valence-corrected chi connectivity index (χ0v) is 23.7. The van der Waals surface area contributed by atoms with Crippen molar-refractivity contribution < 1.29 is 26.4 Å². The van der Waals surface area contributed by atoms with Crippen molar-refractivity contribution in [3.05, 3.63) is 22.7 Å². The van der Waals surface area contributed by atoms with Crippen LogP contribution in [-0.2, 0) is 29.6 Å². The number of hydrogen-bond acceptors (Lipinski definition) is 7. The Balaban J connectivity index is 1.89. The molecule has 2 aliphatic heterocycles. The number of rotatable bonds is 9. The number of carbonyl (C=O) groups is 1. The van der Waals surface area contributed by atoms with Crippen molar-refractivity contribution in [3.8, 4) is 0 Å². The molecule has 2 saturated heterocycles. The summed E-state index contributed by atoms with van der Waals surface area (Å²) < 4.78 is 62.1. The molecular formula is C22H35BrN4O6S2. The molecule has 0 aromatic heterocycles. The third-order valence-electron chi connectivity index (χ3n) is 6.72. The molecule has 2 fully saturated rings. The average molecular weight is 596 g/mol. The SMILES string of the molecule is CNC(=O)C1CCCN(c2cc(Br)ccc2S(=O)(=O)N2CCCC(S(=O)(=O)N(C)CCOC)C2)C1. The summed E-state index contributed by atoms with van der Waals surface area (Å²) in [6, 6.07) is 4.99. The molecule has 0 aliphatic carbocycles. The first kappa shape index (κ1) is 28.3. The maximum Gasteiger partial charge on any atom is 0.245 e. The van der Waals surface area contributed by atoms with Crippen LogP contribution in [0.2, 0.25) is 0 Å². The van der Waals surface area contributed by atoms with Gasteiger partial charge in [-0.2, -0.15) is 4.31 Å². The Bertz CT molecular complexity index is 1110. The standard InChI is InChI=1S/C22H35BrN4O6S2/c1-24-22(28)17-6-4-10-26(15-17)20-14-18(23)8-9-21(20)35(31,32)27-11-5-7-19(16-27)34(29,30)25(2)12-13-33-3/h8-9,14,17,19H,4-7,10-13,15-16H2,1-3H3,(H,24,28). The van der Waals surface area contributed by atoms with Crippen LogP contribution < -0.4 is 10.2 Å². The summed E-state index contributed by atoms with van der Waals surface area (Å²) in [5.74, 6) is -0.286. The predicted octanol–water partition coefficient (Wildman–Crippen LogP) is 1.47. The molecule has 3 rings (SSSR count). The molecule has 1 aromatic rings. The fourth-order valence-corrected chi connectivity index (χ4v) is 8.51. The number of methoxy groups -OCH3 is 1. The van der Waals surface area contributed by atoms with E-state index in [1.807, 2.05) is 4.90 Å². The largest absolute Gasteiger partial charge is 0.383 e. The van der Waals surface area contributed by atoms with Crippen molar-refractivity contribution in [2.24, 2.45) is 5.92 Å². The van der Waals surface area contributed by atoms with E-state index in [2.05, 4.69) is 21.2 Å². The molecular weight excluding hydrogens is 560 g/mol. The van der Waals surface area contributed by atoms with Crippen molar-refractivity contribution >= 4 is 47.6 Å². The molecule has 0 spiro atoms. The second-order valence-electron chi connectivity index (χ2n) is 9.00. The maximum absolute atomic E-state index is 13.8. The molecule has 198 valence electrons. The second kappa shape index (κ2) is 11.9. The Morgan fingerprint density at radius 2 is 1.89 bits per heavy atom. The van der Waals surface area contributed by atoms with Gasteiger partial charge in [0.25, 0.3) is 0 Å². The van der Waals surface area contributed by atoms with Gasteiger partial charge < -0.3 is 15.0 Å². The van der Waals surface area contributed by atoms with E-state index in [9.17, 15) is 21.6 Å². The third-order valence-corrected chi connectivity index (χ3v) is 11.4. The number of benzene rings is 1. The Morgan fingerprint density at radius 3 is 2.57 bits per heavy atom. The summed E-state index contributed by atoms with van der Waals surface area (Å²) in [6.07, 6.45) is 2.37. The second-order valence-corrected chi connectivity index (χ2v) is 14.1. The van der Waals surface area contributed by atoms with Crippen LogP contribution in [0.15, 0.2) is 27.6 Å². The van der Waals surface area contributed by atoms with Gasteiger partial charge in [-0.15, -0.1) is 0 Å². The Morgan fingerprint density at radius 1 is 1.17 bits per heavy atom. The highest BCUT2D eigenvalue weighted by molar-refractivity contribution is 9.10. The normalized spacial score (nSPS) is 22.4. The number of nitrogens with one attached hydrogen (secondary N) is 1. The first-order chi connectivity index (χ1) is 16.5. The van der Waals surface area contributed by atoms with Gasteiger partial charge in [-0.1, -0.05) is 15.9 Å². The molecule has 1 amide bonds. The topological polar surface area (TPSA) is 116 Å². The highest BCUT2D eigenvalue weighted by atomic mass is 79.9. The minimum Gasteiger partial charge on any atom is -0.383 e. The number of sulfonamides is 2. The van der Waals surface area contributed by atoms with Crippen molar-refractivity contribution in [2.45, 2.75) is 35.8 Å². The molecule has 0 bridgehead atoms. The lowest BCUT2D eigenvalue weighted by Gasteiger charge is -2.37. The lowest BCUT2D eigenvalue weighted by molar-refractivity contribution is -0.124. The summed E-state index contributed by atoms with van der Waals surface area (Å²) in [5, 5.41) is 1.87. The fourth-order valence-electron chi connectivity index (χ4n) is 4.68. The number of piperidine rings is 2. The van der Waals surface area contributed by atoms with Gasteiger partial charge in [-0.25, -0.2) is 21.1 Å². The quantitative estimate of drug-likeness (QED) is 0.460. The maximum atomic E-state index is 13.8. The van der Waals surface area contributed by atoms with Crippen LogP contribution in [0.25, 0.3) is 0 Å². The molecule has 0 radical (unpaired) electrons. The summed E-state index contributed by atoms with van der Waals surface area (Å²) in [4.78, 5) is 14.3. The zero-order valence-electron chi connectivity index (χ0n) is 20.4. The number of hydrogen-bond donors (Lipinski definition) is 1. The summed E-state index contributed by atoms with van der Waals surface area (Å²) in [6.45, 7) is 1.68. The Labute approximate surface area is 217 Å². The Kier molecular flexibility index (Phi) is 9.60. The van der Waals surface area contributed by atoms with Crippen LogP contribution >= 0.6 is 15.9 Å². The lowest BCUT2D eigenvalue weighted by Crippen LogP contribution is -2.49. The van der Waals surface area contributed by atoms with Crippen LogP contribution in [0.4, 0.5) is 5.69 Å². The van der Waals surface area contributed by atoms with E-state index in [0.29, 0.717) is 31.6 Å². The van der Waals surface area contributed by atoms with Gasteiger partial charge in [0, 0.05) is 58.4 Å². The molecule has 2 aliphatic rings. The van der Waals surface area contributed by atoms with Gasteiger partial charge in [0.2, 0.25) is 26.0 Å². The molecule has 0 saturated carbocycles. The van der Waals surface area contributed by atoms with E-state index in [0.717, 1.165) is 17.3 Å². The van der Waals surface area contributed by atoms with Gasteiger partial charge in [0.05, 0.1) is 23.5 Å². The number of carbonyl (C=O) groups excluding carboxylic acids is 1. The molecule has 13 heteroatoms. The van der Waals surface area contributed by atoms with Gasteiger partial charge >= 0.3 is 0 Å². The van der Waals surface area contributed by atoms with E-state index in [1.54, 1.807) is 25.2 Å². The summed E-state index contributed by atoms with van der Waals surface area (Å²) in [5.41, 5.74) is 0.523. The van der Waals surface area contributed by atoms with Crippen LogP contribution in [-0.4, -0.2) is 97.1 Å². The monoisotopic (exact) mass is 594 g/mol. The average Bonchev–Trinajstić information content (AvgIpc) is 2.86. The smallest absolute Gasteiger partial charge is 0.245 e. The van der Waals surface area contributed by atoms with E-state index >= 15 is 0 Å². The van der Waals surface area contributed by atoms with Crippen LogP contribution in [0.5, 0.6) is 0 Å². The Hall–Kier alpha value is -1.25. The zero-order chi connectivity index (χ0) is 25.8. The van der Waals surface area contributed by atoms with E-state index in [4.69, 9.17) is 4.74 Å². The van der Waals surface area contributed by atoms with E-state index in [-0.39, 0.29) is 43.0 Å². The van der Waals surface area contributed by atoms with Crippen molar-refractivity contribution in [1.82, 2.24) is 13.9 Å². The van der Waals surface area contributed by atoms with Crippen LogP contribution in [0, 0.1) is 5.92 Å². The van der Waals surface area contributed by atoms with Crippen LogP contribution in [0.1, 0.15) is 25.7 Å². The van der Waals surface area contributed by atoms with Crippen molar-refractivity contribution in [1.29, 1.82) is 0 Å². The number of anilines is 1. The molecule has 1 N–H and O–H groups in total. The third kappa shape index (κ3) is 6.37.